The summed E-state index contributed by atoms with van der Waals surface area (Å²) < 4.78 is 0.979. The van der Waals surface area contributed by atoms with Crippen molar-refractivity contribution in [2.45, 2.75) is 33.7 Å². The number of amides is 1. The normalized spacial score (nSPS) is 12.1. The van der Waals surface area contributed by atoms with Gasteiger partial charge in [0.2, 0.25) is 5.91 Å². The van der Waals surface area contributed by atoms with Crippen LogP contribution in [0.4, 0.5) is 5.69 Å². The van der Waals surface area contributed by atoms with Gasteiger partial charge in [0.25, 0.3) is 0 Å². The Hall–Kier alpha value is -1.03. The van der Waals surface area contributed by atoms with Gasteiger partial charge in [-0.1, -0.05) is 6.07 Å². The number of rotatable bonds is 5. The summed E-state index contributed by atoms with van der Waals surface area (Å²) in [4.78, 5) is 14.0. The van der Waals surface area contributed by atoms with Crippen molar-refractivity contribution < 1.29 is 4.79 Å². The predicted molar refractivity (Wildman–Crippen MR) is 79.9 cm³/mol. The van der Waals surface area contributed by atoms with Gasteiger partial charge in [0, 0.05) is 23.2 Å². The summed E-state index contributed by atoms with van der Waals surface area (Å²) >= 11 is 3.49. The summed E-state index contributed by atoms with van der Waals surface area (Å²) in [5.74, 6) is 0.133. The SMILES string of the molecule is CCN(CC)C(=O)C(C)Nc1cc(C)ccc1Br. The summed E-state index contributed by atoms with van der Waals surface area (Å²) in [6.07, 6.45) is 0. The van der Waals surface area contributed by atoms with Crippen molar-refractivity contribution in [2.24, 2.45) is 0 Å². The average Bonchev–Trinajstić information content (AvgIpc) is 2.35. The van der Waals surface area contributed by atoms with Crippen molar-refractivity contribution in [3.8, 4) is 0 Å². The minimum atomic E-state index is -0.219. The zero-order chi connectivity index (χ0) is 13.7. The Labute approximate surface area is 118 Å². The monoisotopic (exact) mass is 312 g/mol. The van der Waals surface area contributed by atoms with Gasteiger partial charge in [0.1, 0.15) is 6.04 Å². The van der Waals surface area contributed by atoms with Gasteiger partial charge in [-0.25, -0.2) is 0 Å². The van der Waals surface area contributed by atoms with Crippen molar-refractivity contribution >= 4 is 27.5 Å². The van der Waals surface area contributed by atoms with Gasteiger partial charge in [-0.15, -0.1) is 0 Å². The fourth-order valence-corrected chi connectivity index (χ4v) is 2.21. The average molecular weight is 313 g/mol. The highest BCUT2D eigenvalue weighted by molar-refractivity contribution is 9.10. The van der Waals surface area contributed by atoms with Crippen molar-refractivity contribution in [2.75, 3.05) is 18.4 Å². The number of likely N-dealkylation sites (N-methyl/N-ethyl adjacent to an activating group) is 1. The molecule has 0 aliphatic rings. The molecule has 1 aromatic rings. The second-order valence-electron chi connectivity index (χ2n) is 4.36. The van der Waals surface area contributed by atoms with E-state index >= 15 is 0 Å². The van der Waals surface area contributed by atoms with Crippen LogP contribution in [0.15, 0.2) is 22.7 Å². The molecule has 1 aromatic carbocycles. The number of carbonyl (C=O) groups excluding carboxylic acids is 1. The summed E-state index contributed by atoms with van der Waals surface area (Å²) in [7, 11) is 0. The van der Waals surface area contributed by atoms with Crippen LogP contribution in [0, 0.1) is 6.92 Å². The predicted octanol–water partition coefficient (Wildman–Crippen LogP) is 3.43. The summed E-state index contributed by atoms with van der Waals surface area (Å²) in [6, 6.07) is 5.84. The molecule has 1 rings (SSSR count). The number of hydrogen-bond acceptors (Lipinski definition) is 2. The first kappa shape index (κ1) is 15.0. The minimum Gasteiger partial charge on any atom is -0.373 e. The molecule has 0 heterocycles. The standard InChI is InChI=1S/C14H21BrN2O/c1-5-17(6-2)14(18)11(4)16-13-9-10(3)7-8-12(13)15/h7-9,11,16H,5-6H2,1-4H3. The lowest BCUT2D eigenvalue weighted by atomic mass is 10.2. The van der Waals surface area contributed by atoms with E-state index in [9.17, 15) is 4.79 Å². The molecule has 3 nitrogen and oxygen atoms in total. The third-order valence-electron chi connectivity index (χ3n) is 2.94. The van der Waals surface area contributed by atoms with E-state index in [1.54, 1.807) is 0 Å². The first-order valence-electron chi connectivity index (χ1n) is 6.31. The molecule has 18 heavy (non-hydrogen) atoms. The first-order valence-corrected chi connectivity index (χ1v) is 7.10. The molecule has 0 saturated carbocycles. The molecule has 0 aliphatic heterocycles. The Morgan fingerprint density at radius 1 is 1.39 bits per heavy atom. The molecule has 4 heteroatoms. The number of nitrogens with one attached hydrogen (secondary N) is 1. The number of aryl methyl sites for hydroxylation is 1. The second kappa shape index (κ2) is 6.78. The van der Waals surface area contributed by atoms with Crippen LogP contribution in [0.2, 0.25) is 0 Å². The van der Waals surface area contributed by atoms with Crippen LogP contribution in [0.1, 0.15) is 26.3 Å². The van der Waals surface area contributed by atoms with Crippen molar-refractivity contribution in [3.63, 3.8) is 0 Å². The maximum Gasteiger partial charge on any atom is 0.244 e. The van der Waals surface area contributed by atoms with Gasteiger partial charge < -0.3 is 10.2 Å². The third-order valence-corrected chi connectivity index (χ3v) is 3.63. The van der Waals surface area contributed by atoms with E-state index in [0.29, 0.717) is 0 Å². The Morgan fingerprint density at radius 2 is 2.00 bits per heavy atom. The van der Waals surface area contributed by atoms with E-state index in [4.69, 9.17) is 0 Å². The van der Waals surface area contributed by atoms with Crippen LogP contribution < -0.4 is 5.32 Å². The number of nitrogens with zero attached hydrogens (tertiary/aromatic N) is 1. The van der Waals surface area contributed by atoms with Crippen LogP contribution in [0.25, 0.3) is 0 Å². The summed E-state index contributed by atoms with van der Waals surface area (Å²) in [5, 5.41) is 3.26. The van der Waals surface area contributed by atoms with Gasteiger partial charge in [0.15, 0.2) is 0 Å². The van der Waals surface area contributed by atoms with Crippen LogP contribution in [-0.4, -0.2) is 29.9 Å². The van der Waals surface area contributed by atoms with Crippen LogP contribution in [-0.2, 0) is 4.79 Å². The highest BCUT2D eigenvalue weighted by atomic mass is 79.9. The molecule has 1 unspecified atom stereocenters. The lowest BCUT2D eigenvalue weighted by Gasteiger charge is -2.24. The van der Waals surface area contributed by atoms with Crippen LogP contribution in [0.5, 0.6) is 0 Å². The molecule has 0 aromatic heterocycles. The van der Waals surface area contributed by atoms with Gasteiger partial charge in [0.05, 0.1) is 0 Å². The summed E-state index contributed by atoms with van der Waals surface area (Å²) in [5.41, 5.74) is 2.13. The van der Waals surface area contributed by atoms with Crippen molar-refractivity contribution in [1.82, 2.24) is 4.90 Å². The lowest BCUT2D eigenvalue weighted by molar-refractivity contribution is -0.131. The Morgan fingerprint density at radius 3 is 2.56 bits per heavy atom. The molecule has 0 aliphatic carbocycles. The Bertz CT molecular complexity index is 416. The number of anilines is 1. The zero-order valence-corrected chi connectivity index (χ0v) is 13.0. The summed E-state index contributed by atoms with van der Waals surface area (Å²) in [6.45, 7) is 9.42. The molecule has 100 valence electrons. The van der Waals surface area contributed by atoms with E-state index in [2.05, 4.69) is 21.2 Å². The third kappa shape index (κ3) is 3.73. The fourth-order valence-electron chi connectivity index (χ4n) is 1.85. The highest BCUT2D eigenvalue weighted by Gasteiger charge is 2.18. The molecular weight excluding hydrogens is 292 g/mol. The molecule has 0 bridgehead atoms. The number of benzene rings is 1. The molecule has 1 amide bonds. The smallest absolute Gasteiger partial charge is 0.244 e. The van der Waals surface area contributed by atoms with Gasteiger partial charge in [-0.3, -0.25) is 4.79 Å². The van der Waals surface area contributed by atoms with E-state index < -0.39 is 0 Å². The largest absolute Gasteiger partial charge is 0.373 e. The van der Waals surface area contributed by atoms with Gasteiger partial charge in [-0.2, -0.15) is 0 Å². The molecule has 0 saturated heterocycles. The maximum atomic E-state index is 12.2. The maximum absolute atomic E-state index is 12.2. The van der Waals surface area contributed by atoms with Gasteiger partial charge in [-0.05, 0) is 61.3 Å². The minimum absolute atomic E-state index is 0.133. The van der Waals surface area contributed by atoms with Crippen molar-refractivity contribution in [3.05, 3.63) is 28.2 Å². The molecule has 0 radical (unpaired) electrons. The highest BCUT2D eigenvalue weighted by Crippen LogP contribution is 2.24. The topological polar surface area (TPSA) is 32.3 Å². The van der Waals surface area contributed by atoms with Gasteiger partial charge >= 0.3 is 0 Å². The molecule has 0 fully saturated rings. The van der Waals surface area contributed by atoms with Crippen LogP contribution in [0.3, 0.4) is 0 Å². The van der Waals surface area contributed by atoms with E-state index in [1.807, 2.05) is 50.8 Å². The molecule has 1 N–H and O–H groups in total. The molecule has 1 atom stereocenters. The van der Waals surface area contributed by atoms with E-state index in [0.717, 1.165) is 23.2 Å². The zero-order valence-electron chi connectivity index (χ0n) is 11.5. The number of carbonyl (C=O) groups is 1. The van der Waals surface area contributed by atoms with Crippen LogP contribution >= 0.6 is 15.9 Å². The Kier molecular flexibility index (Phi) is 5.66. The molecule has 0 spiro atoms. The van der Waals surface area contributed by atoms with E-state index in [1.165, 1.54) is 5.56 Å². The molecular formula is C14H21BrN2O. The first-order chi connectivity index (χ1) is 8.49. The Balaban J connectivity index is 2.77. The van der Waals surface area contributed by atoms with E-state index in [-0.39, 0.29) is 11.9 Å². The number of hydrogen-bond donors (Lipinski definition) is 1. The lowest BCUT2D eigenvalue weighted by Crippen LogP contribution is -2.41. The quantitative estimate of drug-likeness (QED) is 0.903. The fraction of sp³-hybridized carbons (Fsp3) is 0.500. The number of halogens is 1. The second-order valence-corrected chi connectivity index (χ2v) is 5.21. The van der Waals surface area contributed by atoms with Crippen molar-refractivity contribution in [1.29, 1.82) is 0 Å².